The highest BCUT2D eigenvalue weighted by Gasteiger charge is 2.15. The molecule has 0 aromatic heterocycles. The minimum absolute atomic E-state index is 0.428. The van der Waals surface area contributed by atoms with Crippen molar-refractivity contribution in [2.45, 2.75) is 44.6 Å². The van der Waals surface area contributed by atoms with Crippen LogP contribution in [0.4, 0.5) is 0 Å². The normalized spacial score (nSPS) is 15.5. The number of hydrogen-bond acceptors (Lipinski definition) is 2. The van der Waals surface area contributed by atoms with E-state index in [1.54, 1.807) is 0 Å². The first-order valence-electron chi connectivity index (χ1n) is 8.75. The van der Waals surface area contributed by atoms with Crippen LogP contribution in [0, 0.1) is 0 Å². The SMILES string of the molecule is C=Cc1ccccc1CO/N=[C]\c1cccc(C2CCCCC2)c1. The van der Waals surface area contributed by atoms with E-state index in [-0.39, 0.29) is 0 Å². The van der Waals surface area contributed by atoms with Gasteiger partial charge in [0.2, 0.25) is 0 Å². The van der Waals surface area contributed by atoms with Crippen molar-refractivity contribution in [3.05, 3.63) is 77.4 Å². The maximum absolute atomic E-state index is 5.42. The van der Waals surface area contributed by atoms with Crippen LogP contribution in [0.3, 0.4) is 0 Å². The summed E-state index contributed by atoms with van der Waals surface area (Å²) in [5.74, 6) is 0.695. The van der Waals surface area contributed by atoms with E-state index in [4.69, 9.17) is 4.84 Å². The highest BCUT2D eigenvalue weighted by atomic mass is 16.6. The maximum Gasteiger partial charge on any atom is 0.142 e. The fraction of sp³-hybridized carbons (Fsp3) is 0.318. The summed E-state index contributed by atoms with van der Waals surface area (Å²) in [6.45, 7) is 4.25. The zero-order valence-electron chi connectivity index (χ0n) is 14.1. The molecule has 1 aliphatic carbocycles. The van der Waals surface area contributed by atoms with Crippen LogP contribution in [-0.2, 0) is 11.4 Å². The van der Waals surface area contributed by atoms with E-state index in [2.05, 4.69) is 36.1 Å². The molecule has 0 atom stereocenters. The Kier molecular flexibility index (Phi) is 5.84. The standard InChI is InChI=1S/C22H24NO/c1-2-19-10-6-7-13-22(19)17-24-23-16-18-9-8-14-21(15-18)20-11-4-3-5-12-20/h2,6-10,13-15,20H,1,3-5,11-12,17H2. The summed E-state index contributed by atoms with van der Waals surface area (Å²) < 4.78 is 0. The van der Waals surface area contributed by atoms with Crippen LogP contribution < -0.4 is 0 Å². The van der Waals surface area contributed by atoms with E-state index in [9.17, 15) is 0 Å². The van der Waals surface area contributed by atoms with Crippen LogP contribution in [0.25, 0.3) is 6.08 Å². The van der Waals surface area contributed by atoms with Gasteiger partial charge in [-0.25, -0.2) is 0 Å². The zero-order valence-corrected chi connectivity index (χ0v) is 14.1. The molecule has 1 saturated carbocycles. The van der Waals surface area contributed by atoms with Crippen molar-refractivity contribution < 1.29 is 4.84 Å². The quantitative estimate of drug-likeness (QED) is 0.487. The first-order valence-corrected chi connectivity index (χ1v) is 8.75. The van der Waals surface area contributed by atoms with E-state index >= 15 is 0 Å². The summed E-state index contributed by atoms with van der Waals surface area (Å²) in [5, 5.41) is 4.01. The Balaban J connectivity index is 1.59. The van der Waals surface area contributed by atoms with Gasteiger partial charge in [-0.05, 0) is 41.5 Å². The van der Waals surface area contributed by atoms with E-state index in [1.807, 2.05) is 36.4 Å². The molecule has 1 fully saturated rings. The minimum atomic E-state index is 0.428. The van der Waals surface area contributed by atoms with Crippen molar-refractivity contribution in [2.75, 3.05) is 0 Å². The molecular weight excluding hydrogens is 294 g/mol. The van der Waals surface area contributed by atoms with Gasteiger partial charge >= 0.3 is 0 Å². The van der Waals surface area contributed by atoms with Crippen molar-refractivity contribution >= 4 is 12.3 Å². The molecule has 2 aromatic rings. The average Bonchev–Trinajstić information content (AvgIpc) is 2.66. The highest BCUT2D eigenvalue weighted by Crippen LogP contribution is 2.32. The number of nitrogens with zero attached hydrogens (tertiary/aromatic N) is 1. The number of rotatable bonds is 6. The Bertz CT molecular complexity index is 699. The topological polar surface area (TPSA) is 21.6 Å². The van der Waals surface area contributed by atoms with Gasteiger partial charge in [-0.1, -0.05) is 79.5 Å². The Labute approximate surface area is 144 Å². The molecule has 2 heteroatoms. The molecule has 0 saturated heterocycles. The van der Waals surface area contributed by atoms with E-state index in [0.29, 0.717) is 12.5 Å². The van der Waals surface area contributed by atoms with Gasteiger partial charge in [-0.2, -0.15) is 0 Å². The van der Waals surface area contributed by atoms with Gasteiger partial charge in [0.1, 0.15) is 12.8 Å². The van der Waals surface area contributed by atoms with Gasteiger partial charge in [0.15, 0.2) is 0 Å². The summed E-state index contributed by atoms with van der Waals surface area (Å²) >= 11 is 0. The molecule has 0 unspecified atom stereocenters. The van der Waals surface area contributed by atoms with Crippen LogP contribution >= 0.6 is 0 Å². The third kappa shape index (κ3) is 4.35. The van der Waals surface area contributed by atoms with Gasteiger partial charge in [0, 0.05) is 5.56 Å². The van der Waals surface area contributed by atoms with Crippen molar-refractivity contribution in [2.24, 2.45) is 5.16 Å². The van der Waals surface area contributed by atoms with Crippen molar-refractivity contribution in [1.82, 2.24) is 0 Å². The van der Waals surface area contributed by atoms with E-state index < -0.39 is 0 Å². The second-order valence-electron chi connectivity index (χ2n) is 6.34. The van der Waals surface area contributed by atoms with Gasteiger partial charge in [0.05, 0.1) is 0 Å². The van der Waals surface area contributed by atoms with E-state index in [0.717, 1.165) is 16.7 Å². The molecular formula is C22H24NO. The average molecular weight is 318 g/mol. The van der Waals surface area contributed by atoms with Gasteiger partial charge < -0.3 is 4.84 Å². The van der Waals surface area contributed by atoms with Gasteiger partial charge in [-0.3, -0.25) is 0 Å². The molecule has 2 aromatic carbocycles. The fourth-order valence-corrected chi connectivity index (χ4v) is 3.35. The molecule has 1 radical (unpaired) electrons. The second-order valence-corrected chi connectivity index (χ2v) is 6.34. The fourth-order valence-electron chi connectivity index (χ4n) is 3.35. The Morgan fingerprint density at radius 2 is 1.92 bits per heavy atom. The van der Waals surface area contributed by atoms with E-state index in [1.165, 1.54) is 37.7 Å². The lowest BCUT2D eigenvalue weighted by Crippen LogP contribution is -2.04. The minimum Gasteiger partial charge on any atom is -0.390 e. The molecule has 2 nitrogen and oxygen atoms in total. The molecule has 24 heavy (non-hydrogen) atoms. The van der Waals surface area contributed by atoms with Gasteiger partial charge in [-0.15, -0.1) is 0 Å². The second kappa shape index (κ2) is 8.49. The van der Waals surface area contributed by atoms with Crippen molar-refractivity contribution in [1.29, 1.82) is 0 Å². The Morgan fingerprint density at radius 3 is 2.75 bits per heavy atom. The van der Waals surface area contributed by atoms with Gasteiger partial charge in [0.25, 0.3) is 0 Å². The van der Waals surface area contributed by atoms with Crippen LogP contribution in [0.2, 0.25) is 0 Å². The van der Waals surface area contributed by atoms with Crippen molar-refractivity contribution in [3.63, 3.8) is 0 Å². The smallest absolute Gasteiger partial charge is 0.142 e. The summed E-state index contributed by atoms with van der Waals surface area (Å²) in [4.78, 5) is 5.42. The molecule has 3 rings (SSSR count). The molecule has 1 aliphatic rings. The molecule has 0 bridgehead atoms. The molecule has 0 aliphatic heterocycles. The monoisotopic (exact) mass is 318 g/mol. The van der Waals surface area contributed by atoms with Crippen LogP contribution in [0.15, 0.2) is 60.3 Å². The predicted molar refractivity (Wildman–Crippen MR) is 100 cm³/mol. The highest BCUT2D eigenvalue weighted by molar-refractivity contribution is 5.79. The molecule has 0 heterocycles. The summed E-state index contributed by atoms with van der Waals surface area (Å²) in [5.41, 5.74) is 4.54. The summed E-state index contributed by atoms with van der Waals surface area (Å²) in [7, 11) is 0. The first-order chi connectivity index (χ1) is 11.9. The molecule has 0 spiro atoms. The number of hydrogen-bond donors (Lipinski definition) is 0. The lowest BCUT2D eigenvalue weighted by atomic mass is 9.84. The van der Waals surface area contributed by atoms with Crippen LogP contribution in [0.5, 0.6) is 0 Å². The molecule has 0 amide bonds. The van der Waals surface area contributed by atoms with Crippen molar-refractivity contribution in [3.8, 4) is 0 Å². The Morgan fingerprint density at radius 1 is 1.08 bits per heavy atom. The number of benzene rings is 2. The Hall–Kier alpha value is -2.35. The zero-order chi connectivity index (χ0) is 16.6. The largest absolute Gasteiger partial charge is 0.390 e. The summed E-state index contributed by atoms with van der Waals surface area (Å²) in [6, 6.07) is 16.6. The first kappa shape index (κ1) is 16.5. The summed E-state index contributed by atoms with van der Waals surface area (Å²) in [6.07, 6.45) is 11.5. The van der Waals surface area contributed by atoms with Crippen LogP contribution in [-0.4, -0.2) is 6.21 Å². The predicted octanol–water partition coefficient (Wildman–Crippen LogP) is 5.81. The molecule has 0 N–H and O–H groups in total. The molecule has 123 valence electrons. The maximum atomic E-state index is 5.42. The lowest BCUT2D eigenvalue weighted by Gasteiger charge is -2.22. The third-order valence-electron chi connectivity index (χ3n) is 4.70. The van der Waals surface area contributed by atoms with Crippen LogP contribution in [0.1, 0.15) is 60.3 Å². The third-order valence-corrected chi connectivity index (χ3v) is 4.70. The lowest BCUT2D eigenvalue weighted by molar-refractivity contribution is 0.132.